The number of aromatic nitrogens is 2. The van der Waals surface area contributed by atoms with Crippen molar-refractivity contribution in [2.24, 2.45) is 5.10 Å². The minimum atomic E-state index is 0.327. The van der Waals surface area contributed by atoms with E-state index in [-0.39, 0.29) is 0 Å². The average Bonchev–Trinajstić information content (AvgIpc) is 1.88. The van der Waals surface area contributed by atoms with E-state index < -0.39 is 0 Å². The van der Waals surface area contributed by atoms with E-state index in [1.54, 1.807) is 0 Å². The van der Waals surface area contributed by atoms with Gasteiger partial charge >= 0.3 is 0 Å². The predicted octanol–water partition coefficient (Wildman–Crippen LogP) is 1.16. The smallest absolute Gasteiger partial charge is 0.166 e. The highest BCUT2D eigenvalue weighted by Crippen LogP contribution is 2.05. The molecule has 4 nitrogen and oxygen atoms in total. The number of hydrogen-bond donors (Lipinski definition) is 1. The van der Waals surface area contributed by atoms with Crippen LogP contribution in [0.15, 0.2) is 17.5 Å². The topological polar surface area (TPSA) is 50.2 Å². The van der Waals surface area contributed by atoms with Gasteiger partial charge in [0.1, 0.15) is 5.15 Å². The van der Waals surface area contributed by atoms with Gasteiger partial charge in [0.15, 0.2) is 5.82 Å². The van der Waals surface area contributed by atoms with Crippen molar-refractivity contribution in [1.29, 1.82) is 0 Å². The molecule has 0 saturated carbocycles. The van der Waals surface area contributed by atoms with Gasteiger partial charge in [0.2, 0.25) is 0 Å². The van der Waals surface area contributed by atoms with Crippen molar-refractivity contribution in [3.05, 3.63) is 17.5 Å². The summed E-state index contributed by atoms with van der Waals surface area (Å²) in [4.78, 5) is 7.58. The zero-order valence-electron chi connectivity index (χ0n) is 5.08. The van der Waals surface area contributed by atoms with Gasteiger partial charge in [-0.15, -0.1) is 0 Å². The molecule has 0 amide bonds. The van der Waals surface area contributed by atoms with Crippen LogP contribution in [0.25, 0.3) is 0 Å². The quantitative estimate of drug-likeness (QED) is 0.516. The Morgan fingerprint density at radius 1 is 1.60 bits per heavy atom. The molecule has 0 bridgehead atoms. The summed E-state index contributed by atoms with van der Waals surface area (Å²) in [7, 11) is 0. The molecule has 0 radical (unpaired) electrons. The summed E-state index contributed by atoms with van der Waals surface area (Å²) in [5.41, 5.74) is 2.50. The molecule has 1 N–H and O–H groups in total. The monoisotopic (exact) mass is 156 g/mol. The third-order valence-corrected chi connectivity index (χ3v) is 0.981. The number of hydrazone groups is 1. The molecular formula is C5H5ClN4. The fourth-order valence-electron chi connectivity index (χ4n) is 0.477. The van der Waals surface area contributed by atoms with Crippen LogP contribution in [0.2, 0.25) is 5.15 Å². The van der Waals surface area contributed by atoms with E-state index in [9.17, 15) is 0 Å². The van der Waals surface area contributed by atoms with E-state index in [0.717, 1.165) is 0 Å². The molecule has 52 valence electrons. The summed E-state index contributed by atoms with van der Waals surface area (Å²) >= 11 is 5.50. The predicted molar refractivity (Wildman–Crippen MR) is 40.2 cm³/mol. The molecule has 1 heterocycles. The van der Waals surface area contributed by atoms with Crippen LogP contribution in [0, 0.1) is 0 Å². The van der Waals surface area contributed by atoms with Crippen LogP contribution in [0.5, 0.6) is 0 Å². The third kappa shape index (κ3) is 1.66. The molecule has 0 saturated heterocycles. The summed E-state index contributed by atoms with van der Waals surface area (Å²) in [6.45, 7) is 3.21. The fourth-order valence-corrected chi connectivity index (χ4v) is 0.624. The van der Waals surface area contributed by atoms with Gasteiger partial charge in [-0.2, -0.15) is 5.10 Å². The van der Waals surface area contributed by atoms with E-state index in [0.29, 0.717) is 11.0 Å². The van der Waals surface area contributed by atoms with Crippen molar-refractivity contribution < 1.29 is 0 Å². The molecule has 10 heavy (non-hydrogen) atoms. The van der Waals surface area contributed by atoms with Gasteiger partial charge in [0.05, 0.1) is 12.4 Å². The summed E-state index contributed by atoms with van der Waals surface area (Å²) in [5, 5.41) is 3.71. The maximum atomic E-state index is 5.50. The first-order valence-corrected chi connectivity index (χ1v) is 2.90. The molecule has 5 heteroatoms. The zero-order valence-corrected chi connectivity index (χ0v) is 5.84. The van der Waals surface area contributed by atoms with Crippen LogP contribution in [-0.2, 0) is 0 Å². The standard InChI is InChI=1S/C5H5ClN4/c1-7-10-5-3-8-2-4(6)9-5/h2-3H,1H2,(H,9,10). The summed E-state index contributed by atoms with van der Waals surface area (Å²) < 4.78 is 0. The number of hydrogen-bond acceptors (Lipinski definition) is 4. The Bertz CT molecular complexity index is 237. The van der Waals surface area contributed by atoms with Gasteiger partial charge in [-0.3, -0.25) is 10.4 Å². The SMILES string of the molecule is C=NNc1cncc(Cl)n1. The molecule has 1 aromatic rings. The van der Waals surface area contributed by atoms with Crippen molar-refractivity contribution in [2.75, 3.05) is 5.43 Å². The molecule has 1 rings (SSSR count). The number of halogens is 1. The van der Waals surface area contributed by atoms with E-state index in [1.165, 1.54) is 12.4 Å². The van der Waals surface area contributed by atoms with Crippen molar-refractivity contribution in [1.82, 2.24) is 9.97 Å². The van der Waals surface area contributed by atoms with E-state index in [2.05, 4.69) is 27.2 Å². The van der Waals surface area contributed by atoms with E-state index in [1.807, 2.05) is 0 Å². The van der Waals surface area contributed by atoms with E-state index >= 15 is 0 Å². The van der Waals surface area contributed by atoms with Gasteiger partial charge in [-0.25, -0.2) is 4.98 Å². The fraction of sp³-hybridized carbons (Fsp3) is 0. The Labute approximate surface area is 63.0 Å². The molecule has 0 aliphatic rings. The van der Waals surface area contributed by atoms with Crippen LogP contribution in [-0.4, -0.2) is 16.7 Å². The summed E-state index contributed by atoms with van der Waals surface area (Å²) in [6.07, 6.45) is 2.94. The van der Waals surface area contributed by atoms with Gasteiger partial charge in [-0.05, 0) is 0 Å². The summed E-state index contributed by atoms with van der Waals surface area (Å²) in [6, 6.07) is 0. The molecule has 0 aromatic carbocycles. The molecule has 1 aromatic heterocycles. The Morgan fingerprint density at radius 2 is 2.40 bits per heavy atom. The minimum absolute atomic E-state index is 0.327. The Morgan fingerprint density at radius 3 is 3.00 bits per heavy atom. The molecule has 0 unspecified atom stereocenters. The van der Waals surface area contributed by atoms with Crippen LogP contribution in [0.3, 0.4) is 0 Å². The molecule has 0 aliphatic heterocycles. The second kappa shape index (κ2) is 3.12. The van der Waals surface area contributed by atoms with Crippen LogP contribution in [0.1, 0.15) is 0 Å². The van der Waals surface area contributed by atoms with Crippen molar-refractivity contribution in [3.8, 4) is 0 Å². The zero-order chi connectivity index (χ0) is 7.40. The second-order valence-electron chi connectivity index (χ2n) is 1.50. The number of nitrogens with zero attached hydrogens (tertiary/aromatic N) is 3. The molecule has 0 spiro atoms. The normalized spacial score (nSPS) is 8.90. The first-order valence-electron chi connectivity index (χ1n) is 2.52. The molecular weight excluding hydrogens is 152 g/mol. The lowest BCUT2D eigenvalue weighted by molar-refractivity contribution is 1.16. The Kier molecular flexibility index (Phi) is 2.17. The lowest BCUT2D eigenvalue weighted by atomic mass is 10.7. The average molecular weight is 157 g/mol. The Balaban J connectivity index is 2.84. The number of anilines is 1. The number of rotatable bonds is 2. The first-order chi connectivity index (χ1) is 4.83. The van der Waals surface area contributed by atoms with Crippen molar-refractivity contribution in [2.45, 2.75) is 0 Å². The van der Waals surface area contributed by atoms with Crippen molar-refractivity contribution >= 4 is 24.1 Å². The third-order valence-electron chi connectivity index (χ3n) is 0.799. The van der Waals surface area contributed by atoms with Crippen molar-refractivity contribution in [3.63, 3.8) is 0 Å². The first kappa shape index (κ1) is 6.95. The minimum Gasteiger partial charge on any atom is -0.261 e. The Hall–Kier alpha value is -1.16. The van der Waals surface area contributed by atoms with Crippen LogP contribution >= 0.6 is 11.6 Å². The van der Waals surface area contributed by atoms with Gasteiger partial charge in [-0.1, -0.05) is 11.6 Å². The van der Waals surface area contributed by atoms with E-state index in [4.69, 9.17) is 11.6 Å². The largest absolute Gasteiger partial charge is 0.261 e. The second-order valence-corrected chi connectivity index (χ2v) is 1.88. The van der Waals surface area contributed by atoms with Gasteiger partial charge in [0, 0.05) is 6.72 Å². The maximum absolute atomic E-state index is 5.50. The highest BCUT2D eigenvalue weighted by atomic mass is 35.5. The molecule has 0 fully saturated rings. The van der Waals surface area contributed by atoms with Crippen LogP contribution < -0.4 is 5.43 Å². The molecule has 0 aliphatic carbocycles. The highest BCUT2D eigenvalue weighted by Gasteiger charge is 1.91. The van der Waals surface area contributed by atoms with Gasteiger partial charge in [0.25, 0.3) is 0 Å². The highest BCUT2D eigenvalue weighted by molar-refractivity contribution is 6.29. The summed E-state index contributed by atoms with van der Waals surface area (Å²) in [5.74, 6) is 0.488. The lowest BCUT2D eigenvalue weighted by Gasteiger charge is -1.95. The van der Waals surface area contributed by atoms with Crippen LogP contribution in [0.4, 0.5) is 5.82 Å². The maximum Gasteiger partial charge on any atom is 0.166 e. The van der Waals surface area contributed by atoms with Gasteiger partial charge < -0.3 is 0 Å². The number of nitrogens with one attached hydrogen (secondary N) is 1. The lowest BCUT2D eigenvalue weighted by Crippen LogP contribution is -1.91. The molecule has 0 atom stereocenters.